The molecule has 98 valence electrons. The molecule has 2 aliphatic rings. The molecular formula is C13H23NO3. The Labute approximate surface area is 103 Å². The number of carbonyl (C=O) groups is 1. The zero-order chi connectivity index (χ0) is 12.3. The Bertz CT molecular complexity index is 276. The summed E-state index contributed by atoms with van der Waals surface area (Å²) in [6.07, 6.45) is 4.98. The number of hydrogen-bond donors (Lipinski definition) is 1. The number of rotatable bonds is 5. The number of aliphatic hydroxyl groups excluding tert-OH is 1. The molecule has 4 heteroatoms. The van der Waals surface area contributed by atoms with Crippen LogP contribution in [0.3, 0.4) is 0 Å². The standard InChI is InChI=1S/C13H23NO3/c1-17-8-6-13(4-2-5-13)12(16)14-7-3-11(9-14)10-15/h11,15H,2-10H2,1H3/t11-/m0/s1. The van der Waals surface area contributed by atoms with Gasteiger partial charge in [-0.05, 0) is 25.7 Å². The zero-order valence-electron chi connectivity index (χ0n) is 10.7. The van der Waals surface area contributed by atoms with Crippen LogP contribution in [0.5, 0.6) is 0 Å². The van der Waals surface area contributed by atoms with Gasteiger partial charge >= 0.3 is 0 Å². The maximum Gasteiger partial charge on any atom is 0.228 e. The van der Waals surface area contributed by atoms with Gasteiger partial charge < -0.3 is 14.7 Å². The number of likely N-dealkylation sites (tertiary alicyclic amines) is 1. The van der Waals surface area contributed by atoms with E-state index in [0.29, 0.717) is 18.4 Å². The summed E-state index contributed by atoms with van der Waals surface area (Å²) in [4.78, 5) is 14.5. The Hall–Kier alpha value is -0.610. The maximum absolute atomic E-state index is 12.5. The summed E-state index contributed by atoms with van der Waals surface area (Å²) < 4.78 is 5.12. The number of carbonyl (C=O) groups excluding carboxylic acids is 1. The van der Waals surface area contributed by atoms with Crippen molar-refractivity contribution in [1.29, 1.82) is 0 Å². The van der Waals surface area contributed by atoms with Crippen molar-refractivity contribution in [3.63, 3.8) is 0 Å². The van der Waals surface area contributed by atoms with Crippen molar-refractivity contribution in [2.24, 2.45) is 11.3 Å². The first-order chi connectivity index (χ1) is 8.22. The average Bonchev–Trinajstić information content (AvgIpc) is 2.76. The molecule has 0 aromatic heterocycles. The van der Waals surface area contributed by atoms with Gasteiger partial charge in [-0.1, -0.05) is 6.42 Å². The summed E-state index contributed by atoms with van der Waals surface area (Å²) in [7, 11) is 1.69. The Kier molecular flexibility index (Phi) is 4.05. The number of nitrogens with zero attached hydrogens (tertiary/aromatic N) is 1. The van der Waals surface area contributed by atoms with Gasteiger partial charge in [0.2, 0.25) is 5.91 Å². The summed E-state index contributed by atoms with van der Waals surface area (Å²) in [5.41, 5.74) is -0.139. The second kappa shape index (κ2) is 5.36. The molecule has 1 N–H and O–H groups in total. The van der Waals surface area contributed by atoms with Gasteiger partial charge in [0.15, 0.2) is 0 Å². The van der Waals surface area contributed by atoms with Gasteiger partial charge in [-0.3, -0.25) is 4.79 Å². The summed E-state index contributed by atoms with van der Waals surface area (Å²) in [5, 5.41) is 9.12. The molecule has 1 atom stereocenters. The quantitative estimate of drug-likeness (QED) is 0.782. The molecule has 1 heterocycles. The first-order valence-electron chi connectivity index (χ1n) is 6.61. The summed E-state index contributed by atoms with van der Waals surface area (Å²) >= 11 is 0. The highest BCUT2D eigenvalue weighted by Crippen LogP contribution is 2.46. The molecule has 1 amide bonds. The monoisotopic (exact) mass is 241 g/mol. The number of methoxy groups -OCH3 is 1. The van der Waals surface area contributed by atoms with E-state index >= 15 is 0 Å². The van der Waals surface area contributed by atoms with Crippen LogP contribution in [0.1, 0.15) is 32.1 Å². The Morgan fingerprint density at radius 1 is 1.53 bits per heavy atom. The van der Waals surface area contributed by atoms with Crippen molar-refractivity contribution in [3.05, 3.63) is 0 Å². The minimum atomic E-state index is -0.139. The third-order valence-electron chi connectivity index (χ3n) is 4.38. The van der Waals surface area contributed by atoms with E-state index in [9.17, 15) is 4.79 Å². The molecule has 0 bridgehead atoms. The molecule has 2 rings (SSSR count). The normalized spacial score (nSPS) is 26.9. The highest BCUT2D eigenvalue weighted by molar-refractivity contribution is 5.83. The lowest BCUT2D eigenvalue weighted by Crippen LogP contribution is -2.47. The molecule has 0 radical (unpaired) electrons. The predicted octanol–water partition coefficient (Wildman–Crippen LogP) is 1.03. The lowest BCUT2D eigenvalue weighted by atomic mass is 9.66. The van der Waals surface area contributed by atoms with E-state index in [1.54, 1.807) is 7.11 Å². The molecule has 1 saturated carbocycles. The van der Waals surface area contributed by atoms with Gasteiger partial charge in [0.25, 0.3) is 0 Å². The molecule has 1 saturated heterocycles. The fourth-order valence-electron chi connectivity index (χ4n) is 2.97. The third kappa shape index (κ3) is 2.47. The number of hydrogen-bond acceptors (Lipinski definition) is 3. The SMILES string of the molecule is COCCC1(C(=O)N2CC[C@H](CO)C2)CCC1. The highest BCUT2D eigenvalue weighted by Gasteiger charge is 2.46. The molecule has 4 nitrogen and oxygen atoms in total. The van der Waals surface area contributed by atoms with Gasteiger partial charge in [0.1, 0.15) is 0 Å². The minimum Gasteiger partial charge on any atom is -0.396 e. The van der Waals surface area contributed by atoms with Crippen molar-refractivity contribution in [2.45, 2.75) is 32.1 Å². The maximum atomic E-state index is 12.5. The van der Waals surface area contributed by atoms with Gasteiger partial charge in [0.05, 0.1) is 5.41 Å². The first-order valence-corrected chi connectivity index (χ1v) is 6.61. The van der Waals surface area contributed by atoms with Crippen LogP contribution in [0.4, 0.5) is 0 Å². The van der Waals surface area contributed by atoms with E-state index < -0.39 is 0 Å². The lowest BCUT2D eigenvalue weighted by molar-refractivity contribution is -0.148. The van der Waals surface area contributed by atoms with E-state index in [1.807, 2.05) is 4.90 Å². The van der Waals surface area contributed by atoms with E-state index in [0.717, 1.165) is 45.2 Å². The van der Waals surface area contributed by atoms with Crippen molar-refractivity contribution in [2.75, 3.05) is 33.4 Å². The minimum absolute atomic E-state index is 0.139. The Morgan fingerprint density at radius 2 is 2.29 bits per heavy atom. The number of aliphatic hydroxyl groups is 1. The van der Waals surface area contributed by atoms with Crippen molar-refractivity contribution in [1.82, 2.24) is 4.90 Å². The van der Waals surface area contributed by atoms with E-state index in [1.165, 1.54) is 0 Å². The van der Waals surface area contributed by atoms with E-state index in [-0.39, 0.29) is 12.0 Å². The van der Waals surface area contributed by atoms with Crippen LogP contribution in [-0.4, -0.2) is 49.3 Å². The van der Waals surface area contributed by atoms with Crippen molar-refractivity contribution >= 4 is 5.91 Å². The summed E-state index contributed by atoms with van der Waals surface area (Å²) in [5.74, 6) is 0.593. The van der Waals surface area contributed by atoms with Crippen LogP contribution >= 0.6 is 0 Å². The van der Waals surface area contributed by atoms with Gasteiger partial charge in [0, 0.05) is 39.3 Å². The molecule has 0 unspecified atom stereocenters. The smallest absolute Gasteiger partial charge is 0.228 e. The summed E-state index contributed by atoms with van der Waals surface area (Å²) in [6.45, 7) is 2.43. The average molecular weight is 241 g/mol. The zero-order valence-corrected chi connectivity index (χ0v) is 10.7. The largest absolute Gasteiger partial charge is 0.396 e. The van der Waals surface area contributed by atoms with Crippen LogP contribution in [0, 0.1) is 11.3 Å². The molecule has 1 aliphatic carbocycles. The molecule has 0 aromatic carbocycles. The van der Waals surface area contributed by atoms with Crippen LogP contribution in [0.2, 0.25) is 0 Å². The van der Waals surface area contributed by atoms with Crippen LogP contribution in [-0.2, 0) is 9.53 Å². The first kappa shape index (κ1) is 12.8. The predicted molar refractivity (Wildman–Crippen MR) is 64.5 cm³/mol. The van der Waals surface area contributed by atoms with Crippen LogP contribution in [0.25, 0.3) is 0 Å². The Balaban J connectivity index is 1.93. The number of ether oxygens (including phenoxy) is 1. The van der Waals surface area contributed by atoms with Crippen molar-refractivity contribution < 1.29 is 14.6 Å². The fraction of sp³-hybridized carbons (Fsp3) is 0.923. The lowest BCUT2D eigenvalue weighted by Gasteiger charge is -2.42. The third-order valence-corrected chi connectivity index (χ3v) is 4.38. The second-order valence-electron chi connectivity index (χ2n) is 5.47. The van der Waals surface area contributed by atoms with Gasteiger partial charge in [-0.15, -0.1) is 0 Å². The fourth-order valence-corrected chi connectivity index (χ4v) is 2.97. The Morgan fingerprint density at radius 3 is 2.76 bits per heavy atom. The number of amides is 1. The van der Waals surface area contributed by atoms with Gasteiger partial charge in [-0.2, -0.15) is 0 Å². The molecule has 2 fully saturated rings. The van der Waals surface area contributed by atoms with E-state index in [2.05, 4.69) is 0 Å². The van der Waals surface area contributed by atoms with Crippen LogP contribution in [0.15, 0.2) is 0 Å². The molecule has 0 spiro atoms. The molecule has 17 heavy (non-hydrogen) atoms. The van der Waals surface area contributed by atoms with Gasteiger partial charge in [-0.25, -0.2) is 0 Å². The van der Waals surface area contributed by atoms with E-state index in [4.69, 9.17) is 9.84 Å². The topological polar surface area (TPSA) is 49.8 Å². The summed E-state index contributed by atoms with van der Waals surface area (Å²) in [6, 6.07) is 0. The molecule has 1 aliphatic heterocycles. The second-order valence-corrected chi connectivity index (χ2v) is 5.47. The van der Waals surface area contributed by atoms with Crippen molar-refractivity contribution in [3.8, 4) is 0 Å². The highest BCUT2D eigenvalue weighted by atomic mass is 16.5. The van der Waals surface area contributed by atoms with Crippen LogP contribution < -0.4 is 0 Å². The molecule has 0 aromatic rings. The molecular weight excluding hydrogens is 218 g/mol.